The number of aromatic amines is 2. The molecule has 6 heteroatoms. The molecule has 3 N–H and O–H groups in total. The van der Waals surface area contributed by atoms with E-state index in [0.717, 1.165) is 18.4 Å². The van der Waals surface area contributed by atoms with Gasteiger partial charge in [-0.05, 0) is 37.7 Å². The monoisotopic (exact) mass is 343 g/mol. The molecule has 1 fully saturated rings. The highest BCUT2D eigenvalue weighted by Gasteiger charge is 2.28. The minimum atomic E-state index is -0.380. The number of aryl methyl sites for hydroxylation is 1. The highest BCUT2D eigenvalue weighted by molar-refractivity contribution is 5.79. The fourth-order valence-electron chi connectivity index (χ4n) is 3.50. The summed E-state index contributed by atoms with van der Waals surface area (Å²) in [6.07, 6.45) is 1.98. The average molecular weight is 343 g/mol. The van der Waals surface area contributed by atoms with Crippen LogP contribution in [0.1, 0.15) is 29.7 Å². The van der Waals surface area contributed by atoms with Crippen molar-refractivity contribution in [1.82, 2.24) is 15.1 Å². The Kier molecular flexibility index (Phi) is 5.38. The Morgan fingerprint density at radius 3 is 2.52 bits per heavy atom. The summed E-state index contributed by atoms with van der Waals surface area (Å²) in [5.41, 5.74) is 2.14. The zero-order valence-electron chi connectivity index (χ0n) is 14.5. The van der Waals surface area contributed by atoms with Crippen LogP contribution in [0.4, 0.5) is 0 Å². The van der Waals surface area contributed by atoms with E-state index >= 15 is 0 Å². The maximum atomic E-state index is 12.4. The van der Waals surface area contributed by atoms with Crippen LogP contribution in [0.5, 0.6) is 0 Å². The van der Waals surface area contributed by atoms with Crippen molar-refractivity contribution in [3.05, 3.63) is 57.5 Å². The van der Waals surface area contributed by atoms with Crippen molar-refractivity contribution in [2.24, 2.45) is 5.92 Å². The van der Waals surface area contributed by atoms with Gasteiger partial charge in [0.15, 0.2) is 0 Å². The highest BCUT2D eigenvalue weighted by atomic mass is 16.3. The predicted octanol–water partition coefficient (Wildman–Crippen LogP) is 1.40. The molecule has 1 aromatic carbocycles. The van der Waals surface area contributed by atoms with Gasteiger partial charge in [0, 0.05) is 24.3 Å². The number of rotatable bonds is 5. The summed E-state index contributed by atoms with van der Waals surface area (Å²) in [6, 6.07) is 9.98. The number of hydrogen-bond acceptors (Lipinski definition) is 3. The van der Waals surface area contributed by atoms with Crippen molar-refractivity contribution in [3.8, 4) is 0 Å². The smallest absolute Gasteiger partial charge is 0.267 e. The molecule has 3 rings (SSSR count). The standard InChI is InChI=1S/C19H25N3O3/c1-13-16(19(25)21-20-13)12-18(24)22-9-7-15(8-10-22)17(23)11-14-5-3-2-4-6-14/h2-6,15,17,23H,7-12H2,1H3,(H2,20,21,25). The fraction of sp³-hybridized carbons (Fsp3) is 0.474. The van der Waals surface area contributed by atoms with Crippen molar-refractivity contribution in [1.29, 1.82) is 0 Å². The second kappa shape index (κ2) is 7.70. The van der Waals surface area contributed by atoms with E-state index in [4.69, 9.17) is 0 Å². The number of hydrogen-bond donors (Lipinski definition) is 3. The molecule has 0 spiro atoms. The van der Waals surface area contributed by atoms with Crippen LogP contribution in [0, 0.1) is 12.8 Å². The van der Waals surface area contributed by atoms with Crippen LogP contribution in [0.25, 0.3) is 0 Å². The molecule has 1 unspecified atom stereocenters. The zero-order valence-corrected chi connectivity index (χ0v) is 14.5. The first-order valence-electron chi connectivity index (χ1n) is 8.80. The number of benzene rings is 1. The normalized spacial score (nSPS) is 16.8. The summed E-state index contributed by atoms with van der Waals surface area (Å²) in [5.74, 6) is 0.186. The van der Waals surface area contributed by atoms with Gasteiger partial charge in [0.2, 0.25) is 5.91 Å². The van der Waals surface area contributed by atoms with E-state index in [1.54, 1.807) is 11.8 Å². The number of amides is 1. The molecule has 2 heterocycles. The lowest BCUT2D eigenvalue weighted by Crippen LogP contribution is -2.42. The van der Waals surface area contributed by atoms with E-state index in [-0.39, 0.29) is 29.9 Å². The van der Waals surface area contributed by atoms with Crippen LogP contribution in [-0.2, 0) is 17.6 Å². The second-order valence-corrected chi connectivity index (χ2v) is 6.83. The molecular formula is C19H25N3O3. The molecule has 0 radical (unpaired) electrons. The molecule has 6 nitrogen and oxygen atoms in total. The van der Waals surface area contributed by atoms with E-state index < -0.39 is 0 Å². The van der Waals surface area contributed by atoms with Crippen LogP contribution >= 0.6 is 0 Å². The van der Waals surface area contributed by atoms with Gasteiger partial charge in [-0.3, -0.25) is 14.7 Å². The summed E-state index contributed by atoms with van der Waals surface area (Å²) in [4.78, 5) is 25.9. The van der Waals surface area contributed by atoms with Crippen LogP contribution in [0.3, 0.4) is 0 Å². The van der Waals surface area contributed by atoms with Gasteiger partial charge in [-0.15, -0.1) is 0 Å². The number of H-pyrrole nitrogens is 2. The number of aliphatic hydroxyl groups excluding tert-OH is 1. The van der Waals surface area contributed by atoms with Crippen molar-refractivity contribution >= 4 is 5.91 Å². The molecule has 25 heavy (non-hydrogen) atoms. The van der Waals surface area contributed by atoms with Crippen molar-refractivity contribution in [2.75, 3.05) is 13.1 Å². The Balaban J connectivity index is 1.51. The summed E-state index contributed by atoms with van der Waals surface area (Å²) >= 11 is 0. The molecule has 1 amide bonds. The summed E-state index contributed by atoms with van der Waals surface area (Å²) < 4.78 is 0. The summed E-state index contributed by atoms with van der Waals surface area (Å²) in [7, 11) is 0. The van der Waals surface area contributed by atoms with Gasteiger partial charge in [-0.2, -0.15) is 0 Å². The van der Waals surface area contributed by atoms with Gasteiger partial charge in [-0.25, -0.2) is 0 Å². The molecule has 0 saturated carbocycles. The second-order valence-electron chi connectivity index (χ2n) is 6.83. The Labute approximate surface area is 146 Å². The van der Waals surface area contributed by atoms with Crippen molar-refractivity contribution < 1.29 is 9.90 Å². The number of piperidine rings is 1. The molecule has 0 bridgehead atoms. The van der Waals surface area contributed by atoms with Crippen LogP contribution in [-0.4, -0.2) is 45.3 Å². The third-order valence-corrected chi connectivity index (χ3v) is 5.14. The Morgan fingerprint density at radius 2 is 1.92 bits per heavy atom. The van der Waals surface area contributed by atoms with Crippen molar-refractivity contribution in [2.45, 2.75) is 38.7 Å². The highest BCUT2D eigenvalue weighted by Crippen LogP contribution is 2.23. The van der Waals surface area contributed by atoms with Crippen molar-refractivity contribution in [3.63, 3.8) is 0 Å². The first-order chi connectivity index (χ1) is 12.0. The third kappa shape index (κ3) is 4.20. The van der Waals surface area contributed by atoms with E-state index in [1.165, 1.54) is 0 Å². The molecule has 1 atom stereocenters. The molecule has 1 aromatic heterocycles. The Hall–Kier alpha value is -2.34. The number of nitrogens with zero attached hydrogens (tertiary/aromatic N) is 1. The molecule has 134 valence electrons. The number of aromatic nitrogens is 2. The average Bonchev–Trinajstić information content (AvgIpc) is 2.94. The SMILES string of the molecule is Cc1[nH][nH]c(=O)c1CC(=O)N1CCC(C(O)Cc2ccccc2)CC1. The number of carbonyl (C=O) groups excluding carboxylic acids is 1. The van der Waals surface area contributed by atoms with E-state index in [9.17, 15) is 14.7 Å². The van der Waals surface area contributed by atoms with Gasteiger partial charge in [0.1, 0.15) is 0 Å². The lowest BCUT2D eigenvalue weighted by Gasteiger charge is -2.34. The van der Waals surface area contributed by atoms with E-state index in [1.807, 2.05) is 30.3 Å². The summed E-state index contributed by atoms with van der Waals surface area (Å²) in [5, 5.41) is 15.7. The van der Waals surface area contributed by atoms with Crippen LogP contribution in [0.2, 0.25) is 0 Å². The molecular weight excluding hydrogens is 318 g/mol. The maximum absolute atomic E-state index is 12.4. The quantitative estimate of drug-likeness (QED) is 0.766. The van der Waals surface area contributed by atoms with E-state index in [0.29, 0.717) is 30.8 Å². The molecule has 0 aliphatic carbocycles. The predicted molar refractivity (Wildman–Crippen MR) is 95.3 cm³/mol. The number of aliphatic hydroxyl groups is 1. The van der Waals surface area contributed by atoms with Gasteiger partial charge in [-0.1, -0.05) is 30.3 Å². The number of carbonyl (C=O) groups is 1. The largest absolute Gasteiger partial charge is 0.392 e. The van der Waals surface area contributed by atoms with Gasteiger partial charge >= 0.3 is 0 Å². The first-order valence-corrected chi connectivity index (χ1v) is 8.80. The van der Waals surface area contributed by atoms with E-state index in [2.05, 4.69) is 10.2 Å². The van der Waals surface area contributed by atoms with Crippen LogP contribution < -0.4 is 5.56 Å². The molecule has 1 saturated heterocycles. The zero-order chi connectivity index (χ0) is 17.8. The lowest BCUT2D eigenvalue weighted by atomic mass is 9.88. The minimum Gasteiger partial charge on any atom is -0.392 e. The Bertz CT molecular complexity index is 758. The maximum Gasteiger partial charge on any atom is 0.267 e. The Morgan fingerprint density at radius 1 is 1.24 bits per heavy atom. The van der Waals surface area contributed by atoms with Gasteiger partial charge in [0.05, 0.1) is 12.5 Å². The fourth-order valence-corrected chi connectivity index (χ4v) is 3.50. The summed E-state index contributed by atoms with van der Waals surface area (Å²) in [6.45, 7) is 3.06. The third-order valence-electron chi connectivity index (χ3n) is 5.14. The first kappa shape index (κ1) is 17.5. The molecule has 1 aliphatic heterocycles. The topological polar surface area (TPSA) is 89.2 Å². The molecule has 1 aliphatic rings. The molecule has 2 aromatic rings. The minimum absolute atomic E-state index is 0.0239. The number of likely N-dealkylation sites (tertiary alicyclic amines) is 1. The van der Waals surface area contributed by atoms with Gasteiger partial charge < -0.3 is 15.1 Å². The van der Waals surface area contributed by atoms with Gasteiger partial charge in [0.25, 0.3) is 5.56 Å². The number of nitrogens with one attached hydrogen (secondary N) is 2. The lowest BCUT2D eigenvalue weighted by molar-refractivity contribution is -0.132. The van der Waals surface area contributed by atoms with Crippen LogP contribution in [0.15, 0.2) is 35.1 Å².